The molecule has 0 radical (unpaired) electrons. The number of hydrogen-bond acceptors (Lipinski definition) is 6. The Balaban J connectivity index is 1.17. The van der Waals surface area contributed by atoms with Gasteiger partial charge in [-0.2, -0.15) is 0 Å². The highest BCUT2D eigenvalue weighted by atomic mass is 16.5. The van der Waals surface area contributed by atoms with Crippen molar-refractivity contribution in [2.24, 2.45) is 5.92 Å². The van der Waals surface area contributed by atoms with Gasteiger partial charge < -0.3 is 25.0 Å². The number of ether oxygens (including phenoxy) is 2. The van der Waals surface area contributed by atoms with Gasteiger partial charge >= 0.3 is 0 Å². The average Bonchev–Trinajstić information content (AvgIpc) is 2.96. The molecular weight excluding hydrogens is 496 g/mol. The predicted molar refractivity (Wildman–Crippen MR) is 146 cm³/mol. The summed E-state index contributed by atoms with van der Waals surface area (Å²) in [7, 11) is 1.79. The van der Waals surface area contributed by atoms with Gasteiger partial charge in [-0.05, 0) is 68.0 Å². The Labute approximate surface area is 229 Å². The molecule has 39 heavy (non-hydrogen) atoms. The van der Waals surface area contributed by atoms with Gasteiger partial charge in [0.2, 0.25) is 11.8 Å². The number of nitrogens with zero attached hydrogens (tertiary/aromatic N) is 2. The number of nitrogens with one attached hydrogen (secondary N) is 2. The highest BCUT2D eigenvalue weighted by molar-refractivity contribution is 6.00. The lowest BCUT2D eigenvalue weighted by Gasteiger charge is -2.42. The first-order chi connectivity index (χ1) is 19.0. The molecule has 2 aliphatic heterocycles. The van der Waals surface area contributed by atoms with E-state index < -0.39 is 0 Å². The van der Waals surface area contributed by atoms with Gasteiger partial charge in [0.15, 0.2) is 0 Å². The number of aromatic nitrogens is 1. The van der Waals surface area contributed by atoms with Crippen LogP contribution in [0.15, 0.2) is 42.7 Å². The Bertz CT molecular complexity index is 1170. The molecule has 3 atom stereocenters. The molecule has 0 bridgehead atoms. The second kappa shape index (κ2) is 12.6. The number of rotatable bonds is 7. The lowest BCUT2D eigenvalue weighted by atomic mass is 9.88. The largest absolute Gasteiger partial charge is 0.490 e. The van der Waals surface area contributed by atoms with Crippen molar-refractivity contribution in [1.29, 1.82) is 0 Å². The second-order valence-electron chi connectivity index (χ2n) is 10.9. The Kier molecular flexibility index (Phi) is 8.76. The number of amides is 3. The van der Waals surface area contributed by atoms with E-state index in [9.17, 15) is 14.4 Å². The lowest BCUT2D eigenvalue weighted by molar-refractivity contribution is -0.134. The molecule has 1 saturated heterocycles. The Morgan fingerprint density at radius 3 is 2.64 bits per heavy atom. The van der Waals surface area contributed by atoms with Crippen LogP contribution in [-0.4, -0.2) is 66.1 Å². The molecule has 1 saturated carbocycles. The van der Waals surface area contributed by atoms with E-state index in [4.69, 9.17) is 9.47 Å². The maximum Gasteiger partial charge on any atom is 0.257 e. The van der Waals surface area contributed by atoms with Crippen molar-refractivity contribution in [2.45, 2.75) is 76.0 Å². The highest BCUT2D eigenvalue weighted by Crippen LogP contribution is 2.33. The van der Waals surface area contributed by atoms with Gasteiger partial charge in [0.25, 0.3) is 5.91 Å². The summed E-state index contributed by atoms with van der Waals surface area (Å²) >= 11 is 0. The third-order valence-electron chi connectivity index (χ3n) is 8.15. The molecule has 2 N–H and O–H groups in total. The number of fused-ring (bicyclic) bond motifs is 2. The molecule has 9 heteroatoms. The minimum Gasteiger partial charge on any atom is -0.490 e. The first kappa shape index (κ1) is 27.1. The molecule has 3 aliphatic rings. The highest BCUT2D eigenvalue weighted by Gasteiger charge is 2.39. The summed E-state index contributed by atoms with van der Waals surface area (Å²) in [5, 5.41) is 5.98. The van der Waals surface area contributed by atoms with E-state index in [0.29, 0.717) is 30.0 Å². The van der Waals surface area contributed by atoms with Crippen LogP contribution in [0.25, 0.3) is 0 Å². The standard InChI is InChI=1S/C30H38N4O5/c1-34-25-9-8-23(18-28(35)32-16-13-20-11-14-31-15-12-20)39-27(25)19-38-26-10-7-22(17-24(26)30(34)37)33-29(36)21-5-3-2-4-6-21/h7,10-12,14-15,17,21,23,25,27H,2-6,8-9,13,16,18-19H2,1H3,(H,32,35)(H,33,36)/t23-,25-,27-/m1/s1. The molecule has 2 aromatic rings. The van der Waals surface area contributed by atoms with Crippen molar-refractivity contribution in [3.63, 3.8) is 0 Å². The fourth-order valence-electron chi connectivity index (χ4n) is 5.89. The van der Waals surface area contributed by atoms with Crippen LogP contribution >= 0.6 is 0 Å². The lowest BCUT2D eigenvalue weighted by Crippen LogP contribution is -2.54. The number of carbonyl (C=O) groups is 3. The van der Waals surface area contributed by atoms with E-state index in [0.717, 1.165) is 44.1 Å². The molecule has 3 amide bonds. The van der Waals surface area contributed by atoms with Crippen molar-refractivity contribution in [3.05, 3.63) is 53.9 Å². The smallest absolute Gasteiger partial charge is 0.257 e. The molecule has 1 aliphatic carbocycles. The van der Waals surface area contributed by atoms with Gasteiger partial charge in [0.05, 0.1) is 24.1 Å². The van der Waals surface area contributed by atoms with Crippen molar-refractivity contribution in [2.75, 3.05) is 25.5 Å². The number of pyridine rings is 1. The zero-order valence-corrected chi connectivity index (χ0v) is 22.6. The molecule has 5 rings (SSSR count). The first-order valence-electron chi connectivity index (χ1n) is 14.1. The van der Waals surface area contributed by atoms with E-state index in [1.165, 1.54) is 6.42 Å². The second-order valence-corrected chi connectivity index (χ2v) is 10.9. The quantitative estimate of drug-likeness (QED) is 0.560. The van der Waals surface area contributed by atoms with Crippen LogP contribution in [0.5, 0.6) is 5.75 Å². The van der Waals surface area contributed by atoms with Gasteiger partial charge in [-0.3, -0.25) is 19.4 Å². The molecule has 1 aromatic heterocycles. The predicted octanol–water partition coefficient (Wildman–Crippen LogP) is 3.73. The van der Waals surface area contributed by atoms with Crippen LogP contribution in [-0.2, 0) is 20.7 Å². The normalized spacial score (nSPS) is 23.5. The van der Waals surface area contributed by atoms with Crippen LogP contribution in [0.4, 0.5) is 5.69 Å². The van der Waals surface area contributed by atoms with Crippen LogP contribution in [0.3, 0.4) is 0 Å². The van der Waals surface area contributed by atoms with Gasteiger partial charge in [0, 0.05) is 37.6 Å². The molecular formula is C30H38N4O5. The molecule has 3 heterocycles. The van der Waals surface area contributed by atoms with E-state index in [1.807, 2.05) is 12.1 Å². The molecule has 0 spiro atoms. The summed E-state index contributed by atoms with van der Waals surface area (Å²) in [6.45, 7) is 0.838. The van der Waals surface area contributed by atoms with Crippen LogP contribution in [0.2, 0.25) is 0 Å². The summed E-state index contributed by atoms with van der Waals surface area (Å²) in [5.41, 5.74) is 2.18. The zero-order chi connectivity index (χ0) is 27.2. The van der Waals surface area contributed by atoms with Gasteiger partial charge in [-0.25, -0.2) is 0 Å². The summed E-state index contributed by atoms with van der Waals surface area (Å²) in [4.78, 5) is 44.5. The van der Waals surface area contributed by atoms with E-state index in [-0.39, 0.29) is 54.9 Å². The monoisotopic (exact) mass is 534 g/mol. The van der Waals surface area contributed by atoms with Crippen molar-refractivity contribution in [1.82, 2.24) is 15.2 Å². The van der Waals surface area contributed by atoms with Gasteiger partial charge in [-0.15, -0.1) is 0 Å². The molecule has 1 aromatic carbocycles. The summed E-state index contributed by atoms with van der Waals surface area (Å²) in [6, 6.07) is 8.97. The zero-order valence-electron chi connectivity index (χ0n) is 22.6. The van der Waals surface area contributed by atoms with Gasteiger partial charge in [0.1, 0.15) is 18.5 Å². The van der Waals surface area contributed by atoms with Crippen LogP contribution in [0, 0.1) is 5.92 Å². The Morgan fingerprint density at radius 2 is 1.85 bits per heavy atom. The third-order valence-corrected chi connectivity index (χ3v) is 8.15. The number of anilines is 1. The minimum absolute atomic E-state index is 0.0235. The van der Waals surface area contributed by atoms with Crippen molar-refractivity contribution >= 4 is 23.4 Å². The fourth-order valence-corrected chi connectivity index (χ4v) is 5.89. The average molecular weight is 535 g/mol. The van der Waals surface area contributed by atoms with E-state index in [1.54, 1.807) is 42.5 Å². The van der Waals surface area contributed by atoms with Crippen LogP contribution in [0.1, 0.15) is 67.3 Å². The summed E-state index contributed by atoms with van der Waals surface area (Å²) < 4.78 is 12.4. The maximum absolute atomic E-state index is 13.5. The molecule has 2 fully saturated rings. The number of benzene rings is 1. The number of carbonyl (C=O) groups excluding carboxylic acids is 3. The van der Waals surface area contributed by atoms with Crippen molar-refractivity contribution in [3.8, 4) is 5.75 Å². The summed E-state index contributed by atoms with van der Waals surface area (Å²) in [5.74, 6) is 0.323. The van der Waals surface area contributed by atoms with E-state index in [2.05, 4.69) is 15.6 Å². The topological polar surface area (TPSA) is 110 Å². The summed E-state index contributed by atoms with van der Waals surface area (Å²) in [6.07, 6.45) is 10.5. The van der Waals surface area contributed by atoms with Crippen molar-refractivity contribution < 1.29 is 23.9 Å². The molecule has 208 valence electrons. The Hall–Kier alpha value is -3.46. The molecule has 0 unspecified atom stereocenters. The fraction of sp³-hybridized carbons (Fsp3) is 0.533. The minimum atomic E-state index is -0.332. The Morgan fingerprint density at radius 1 is 1.05 bits per heavy atom. The maximum atomic E-state index is 13.5. The van der Waals surface area contributed by atoms with Gasteiger partial charge in [-0.1, -0.05) is 19.3 Å². The van der Waals surface area contributed by atoms with Crippen LogP contribution < -0.4 is 15.4 Å². The van der Waals surface area contributed by atoms with E-state index >= 15 is 0 Å². The third kappa shape index (κ3) is 6.76. The molecule has 9 nitrogen and oxygen atoms in total. The number of likely N-dealkylation sites (N-methyl/N-ethyl adjacent to an activating group) is 1. The number of hydrogen-bond donors (Lipinski definition) is 2. The SMILES string of the molecule is CN1C(=O)c2cc(NC(=O)C3CCCCC3)ccc2OC[C@H]2O[C@@H](CC(=O)NCCc3ccncc3)CC[C@H]21. The first-order valence-corrected chi connectivity index (χ1v) is 14.1.